The van der Waals surface area contributed by atoms with Gasteiger partial charge in [-0.2, -0.15) is 0 Å². The Balaban J connectivity index is 1.84. The number of carbonyl (C=O) groups is 1. The second-order valence-corrected chi connectivity index (χ2v) is 8.03. The highest BCUT2D eigenvalue weighted by Crippen LogP contribution is 2.48. The summed E-state index contributed by atoms with van der Waals surface area (Å²) in [5.41, 5.74) is -0.0190. The van der Waals surface area contributed by atoms with Crippen molar-refractivity contribution < 1.29 is 4.79 Å². The second-order valence-electron chi connectivity index (χ2n) is 8.03. The zero-order valence-corrected chi connectivity index (χ0v) is 14.4. The molecule has 122 valence electrons. The maximum Gasteiger partial charge on any atom is 0.126 e. The number of rotatable bonds is 7. The first-order valence-electron chi connectivity index (χ1n) is 9.67. The quantitative estimate of drug-likeness (QED) is 0.406. The van der Waals surface area contributed by atoms with Gasteiger partial charge in [0.1, 0.15) is 6.29 Å². The molecule has 0 aromatic carbocycles. The average Bonchev–Trinajstić information content (AvgIpc) is 2.56. The van der Waals surface area contributed by atoms with Crippen molar-refractivity contribution in [2.75, 3.05) is 0 Å². The zero-order chi connectivity index (χ0) is 15.1. The van der Waals surface area contributed by atoms with Crippen LogP contribution >= 0.6 is 0 Å². The molecule has 2 aliphatic rings. The van der Waals surface area contributed by atoms with E-state index < -0.39 is 0 Å². The minimum Gasteiger partial charge on any atom is -0.303 e. The Morgan fingerprint density at radius 2 is 1.52 bits per heavy atom. The van der Waals surface area contributed by atoms with Crippen LogP contribution in [0, 0.1) is 23.2 Å². The molecule has 1 unspecified atom stereocenters. The molecule has 2 aliphatic carbocycles. The van der Waals surface area contributed by atoms with Crippen LogP contribution < -0.4 is 0 Å². The van der Waals surface area contributed by atoms with E-state index in [2.05, 4.69) is 13.8 Å². The zero-order valence-electron chi connectivity index (χ0n) is 14.4. The molecule has 1 atom stereocenters. The molecule has 0 N–H and O–H groups in total. The summed E-state index contributed by atoms with van der Waals surface area (Å²) in [6.45, 7) is 4.58. The molecular weight excluding hydrogens is 256 g/mol. The van der Waals surface area contributed by atoms with Gasteiger partial charge in [0.15, 0.2) is 0 Å². The first-order chi connectivity index (χ1) is 10.2. The minimum absolute atomic E-state index is 0.0190. The van der Waals surface area contributed by atoms with Crippen LogP contribution in [0.4, 0.5) is 0 Å². The normalized spacial score (nSPS) is 30.8. The molecule has 0 aromatic heterocycles. The number of hydrogen-bond donors (Lipinski definition) is 0. The van der Waals surface area contributed by atoms with Crippen LogP contribution in [0.1, 0.15) is 97.3 Å². The average molecular weight is 293 g/mol. The summed E-state index contributed by atoms with van der Waals surface area (Å²) in [6, 6.07) is 0. The number of unbranched alkanes of at least 4 members (excludes halogenated alkanes) is 2. The minimum atomic E-state index is -0.0190. The van der Waals surface area contributed by atoms with Crippen LogP contribution in [0.25, 0.3) is 0 Å². The molecule has 0 heterocycles. The Hall–Kier alpha value is -0.330. The van der Waals surface area contributed by atoms with Gasteiger partial charge in [0.2, 0.25) is 0 Å². The summed E-state index contributed by atoms with van der Waals surface area (Å²) < 4.78 is 0. The molecule has 0 spiro atoms. The lowest BCUT2D eigenvalue weighted by atomic mass is 9.59. The summed E-state index contributed by atoms with van der Waals surface area (Å²) in [6.07, 6.45) is 19.0. The Labute approximate surface area is 132 Å². The van der Waals surface area contributed by atoms with Gasteiger partial charge in [-0.1, -0.05) is 71.6 Å². The van der Waals surface area contributed by atoms with Crippen molar-refractivity contribution in [3.8, 4) is 0 Å². The van der Waals surface area contributed by atoms with Gasteiger partial charge in [-0.05, 0) is 43.4 Å². The van der Waals surface area contributed by atoms with Crippen molar-refractivity contribution >= 4 is 6.29 Å². The van der Waals surface area contributed by atoms with Crippen molar-refractivity contribution in [3.63, 3.8) is 0 Å². The molecule has 0 aliphatic heterocycles. The van der Waals surface area contributed by atoms with Gasteiger partial charge in [-0.25, -0.2) is 0 Å². The maximum absolute atomic E-state index is 11.9. The van der Waals surface area contributed by atoms with Crippen molar-refractivity contribution in [3.05, 3.63) is 0 Å². The van der Waals surface area contributed by atoms with Crippen molar-refractivity contribution in [1.29, 1.82) is 0 Å². The van der Waals surface area contributed by atoms with Crippen LogP contribution in [-0.2, 0) is 4.79 Å². The van der Waals surface area contributed by atoms with E-state index in [-0.39, 0.29) is 5.41 Å². The summed E-state index contributed by atoms with van der Waals surface area (Å²) in [4.78, 5) is 11.9. The SMILES string of the molecule is CCCCC[C@H]1CC[C@H](C(C)(C=O)C2CCCCC2)CC1. The van der Waals surface area contributed by atoms with E-state index >= 15 is 0 Å². The Kier molecular flexibility index (Phi) is 6.76. The van der Waals surface area contributed by atoms with E-state index in [9.17, 15) is 4.79 Å². The lowest BCUT2D eigenvalue weighted by molar-refractivity contribution is -0.124. The van der Waals surface area contributed by atoms with E-state index in [0.717, 1.165) is 5.92 Å². The molecule has 0 radical (unpaired) electrons. The first-order valence-corrected chi connectivity index (χ1v) is 9.67. The third-order valence-corrected chi connectivity index (χ3v) is 6.68. The molecular formula is C20H36O. The molecule has 0 saturated heterocycles. The van der Waals surface area contributed by atoms with E-state index in [1.54, 1.807) is 0 Å². The molecule has 2 fully saturated rings. The summed E-state index contributed by atoms with van der Waals surface area (Å²) in [5.74, 6) is 2.29. The topological polar surface area (TPSA) is 17.1 Å². The summed E-state index contributed by atoms with van der Waals surface area (Å²) >= 11 is 0. The first kappa shape index (κ1) is 17.0. The van der Waals surface area contributed by atoms with Crippen LogP contribution in [-0.4, -0.2) is 6.29 Å². The smallest absolute Gasteiger partial charge is 0.126 e. The van der Waals surface area contributed by atoms with Crippen LogP contribution in [0.3, 0.4) is 0 Å². The molecule has 21 heavy (non-hydrogen) atoms. The molecule has 0 bridgehead atoms. The molecule has 2 rings (SSSR count). The Bertz CT molecular complexity index is 297. The third kappa shape index (κ3) is 4.33. The fraction of sp³-hybridized carbons (Fsp3) is 0.950. The van der Waals surface area contributed by atoms with Crippen LogP contribution in [0.2, 0.25) is 0 Å². The van der Waals surface area contributed by atoms with E-state index in [1.807, 2.05) is 0 Å². The monoisotopic (exact) mass is 292 g/mol. The molecule has 2 saturated carbocycles. The van der Waals surface area contributed by atoms with Gasteiger partial charge in [0, 0.05) is 5.41 Å². The van der Waals surface area contributed by atoms with Crippen LogP contribution in [0.15, 0.2) is 0 Å². The predicted molar refractivity (Wildman–Crippen MR) is 90.3 cm³/mol. The molecule has 1 nitrogen and oxygen atoms in total. The molecule has 0 aromatic rings. The number of hydrogen-bond acceptors (Lipinski definition) is 1. The Morgan fingerprint density at radius 3 is 2.10 bits per heavy atom. The predicted octanol–water partition coefficient (Wildman–Crippen LogP) is 6.16. The number of aldehydes is 1. The third-order valence-electron chi connectivity index (χ3n) is 6.68. The van der Waals surface area contributed by atoms with E-state index in [0.29, 0.717) is 11.8 Å². The largest absolute Gasteiger partial charge is 0.303 e. The lowest BCUT2D eigenvalue weighted by Crippen LogP contribution is -2.40. The highest BCUT2D eigenvalue weighted by Gasteiger charge is 2.42. The second kappa shape index (κ2) is 8.34. The highest BCUT2D eigenvalue weighted by atomic mass is 16.1. The maximum atomic E-state index is 11.9. The van der Waals surface area contributed by atoms with Gasteiger partial charge < -0.3 is 4.79 Å². The number of carbonyl (C=O) groups excluding carboxylic acids is 1. The Morgan fingerprint density at radius 1 is 0.905 bits per heavy atom. The van der Waals surface area contributed by atoms with Gasteiger partial charge in [-0.15, -0.1) is 0 Å². The lowest BCUT2D eigenvalue weighted by Gasteiger charge is -2.44. The van der Waals surface area contributed by atoms with Crippen molar-refractivity contribution in [2.45, 2.75) is 97.3 Å². The highest BCUT2D eigenvalue weighted by molar-refractivity contribution is 5.60. The van der Waals surface area contributed by atoms with E-state index in [4.69, 9.17) is 0 Å². The fourth-order valence-corrected chi connectivity index (χ4v) is 5.01. The standard InChI is InChI=1S/C20H36O/c1-3-4-6-9-17-12-14-19(15-13-17)20(2,16-21)18-10-7-5-8-11-18/h16-19H,3-15H2,1-2H3/t17-,19-,20?. The summed E-state index contributed by atoms with van der Waals surface area (Å²) in [7, 11) is 0. The molecule has 1 heteroatoms. The van der Waals surface area contributed by atoms with Crippen molar-refractivity contribution in [1.82, 2.24) is 0 Å². The van der Waals surface area contributed by atoms with Gasteiger partial charge in [0.25, 0.3) is 0 Å². The van der Waals surface area contributed by atoms with Crippen LogP contribution in [0.5, 0.6) is 0 Å². The van der Waals surface area contributed by atoms with Gasteiger partial charge in [-0.3, -0.25) is 0 Å². The van der Waals surface area contributed by atoms with E-state index in [1.165, 1.54) is 89.8 Å². The summed E-state index contributed by atoms with van der Waals surface area (Å²) in [5, 5.41) is 0. The van der Waals surface area contributed by atoms with Gasteiger partial charge in [0.05, 0.1) is 0 Å². The van der Waals surface area contributed by atoms with Gasteiger partial charge >= 0.3 is 0 Å². The van der Waals surface area contributed by atoms with Crippen molar-refractivity contribution in [2.24, 2.45) is 23.2 Å². The molecule has 0 amide bonds. The fourth-order valence-electron chi connectivity index (χ4n) is 5.01.